The van der Waals surface area contributed by atoms with Crippen molar-refractivity contribution in [1.29, 1.82) is 0 Å². The highest BCUT2D eigenvalue weighted by molar-refractivity contribution is 5.49. The Morgan fingerprint density at radius 2 is 1.95 bits per heavy atom. The van der Waals surface area contributed by atoms with Crippen LogP contribution in [0.15, 0.2) is 30.7 Å². The van der Waals surface area contributed by atoms with Crippen LogP contribution in [0.5, 0.6) is 11.5 Å². The number of hydrogen-bond acceptors (Lipinski definition) is 5. The fraction of sp³-hybridized carbons (Fsp3) is 0.308. The van der Waals surface area contributed by atoms with Crippen LogP contribution in [-0.2, 0) is 0 Å². The summed E-state index contributed by atoms with van der Waals surface area (Å²) in [5.41, 5.74) is 0.720. The van der Waals surface area contributed by atoms with Gasteiger partial charge in [-0.15, -0.1) is 0 Å². The number of hydrogen-bond donors (Lipinski definition) is 0. The lowest BCUT2D eigenvalue weighted by atomic mass is 10.2. The van der Waals surface area contributed by atoms with Crippen LogP contribution in [0.3, 0.4) is 0 Å². The van der Waals surface area contributed by atoms with Gasteiger partial charge in [-0.1, -0.05) is 0 Å². The Morgan fingerprint density at radius 1 is 1.25 bits per heavy atom. The van der Waals surface area contributed by atoms with Gasteiger partial charge in [0.05, 0.1) is 18.9 Å². The third-order valence-electron chi connectivity index (χ3n) is 2.58. The molecule has 0 aliphatic heterocycles. The molecule has 0 unspecified atom stereocenters. The molecule has 0 atom stereocenters. The number of nitrogens with zero attached hydrogens (tertiary/aromatic N) is 3. The Bertz CT molecular complexity index is 609. The molecule has 0 saturated carbocycles. The van der Waals surface area contributed by atoms with E-state index in [2.05, 4.69) is 4.98 Å². The van der Waals surface area contributed by atoms with Crippen LogP contribution < -0.4 is 9.47 Å². The third-order valence-corrected chi connectivity index (χ3v) is 2.58. The summed E-state index contributed by atoms with van der Waals surface area (Å²) in [6.45, 7) is 4.82. The molecule has 0 aliphatic rings. The first-order chi connectivity index (χ1) is 9.65. The second-order valence-corrected chi connectivity index (χ2v) is 3.89. The van der Waals surface area contributed by atoms with E-state index in [-0.39, 0.29) is 5.82 Å². The maximum absolute atomic E-state index is 10.6. The fourth-order valence-electron chi connectivity index (χ4n) is 1.75. The zero-order valence-electron chi connectivity index (χ0n) is 11.3. The molecule has 106 valence electrons. The normalized spacial score (nSPS) is 10.3. The molecule has 0 radical (unpaired) electrons. The van der Waals surface area contributed by atoms with E-state index in [1.165, 1.54) is 12.5 Å². The molecule has 1 aromatic carbocycles. The molecular formula is C13H15N3O4. The Labute approximate surface area is 115 Å². The summed E-state index contributed by atoms with van der Waals surface area (Å²) >= 11 is 0. The summed E-state index contributed by atoms with van der Waals surface area (Å²) in [5.74, 6) is 1.05. The summed E-state index contributed by atoms with van der Waals surface area (Å²) < 4.78 is 12.5. The molecule has 7 heteroatoms. The second-order valence-electron chi connectivity index (χ2n) is 3.89. The lowest BCUT2D eigenvalue weighted by Gasteiger charge is -2.12. The van der Waals surface area contributed by atoms with Gasteiger partial charge >= 0.3 is 5.82 Å². The summed E-state index contributed by atoms with van der Waals surface area (Å²) in [6.07, 6.45) is 2.74. The molecule has 0 amide bonds. The van der Waals surface area contributed by atoms with Gasteiger partial charge in [0.25, 0.3) is 0 Å². The van der Waals surface area contributed by atoms with E-state index < -0.39 is 4.92 Å². The van der Waals surface area contributed by atoms with Crippen LogP contribution in [0.25, 0.3) is 5.69 Å². The SMILES string of the molecule is CCOc1ccc(-n2cnc([N+](=O)[O-])c2)cc1OCC. The quantitative estimate of drug-likeness (QED) is 0.599. The summed E-state index contributed by atoms with van der Waals surface area (Å²) in [6, 6.07) is 5.33. The molecule has 0 fully saturated rings. The number of imidazole rings is 1. The number of ether oxygens (including phenoxy) is 2. The predicted octanol–water partition coefficient (Wildman–Crippen LogP) is 2.58. The van der Waals surface area contributed by atoms with Crippen molar-refractivity contribution in [3.63, 3.8) is 0 Å². The summed E-state index contributed by atoms with van der Waals surface area (Å²) in [4.78, 5) is 13.8. The predicted molar refractivity (Wildman–Crippen MR) is 72.6 cm³/mol. The van der Waals surface area contributed by atoms with Crippen molar-refractivity contribution >= 4 is 5.82 Å². The van der Waals surface area contributed by atoms with Crippen LogP contribution in [0.1, 0.15) is 13.8 Å². The first kappa shape index (κ1) is 13.9. The first-order valence-electron chi connectivity index (χ1n) is 6.24. The number of benzene rings is 1. The van der Waals surface area contributed by atoms with Gasteiger partial charge in [0.15, 0.2) is 11.5 Å². The molecule has 0 spiro atoms. The van der Waals surface area contributed by atoms with E-state index in [1.54, 1.807) is 22.8 Å². The van der Waals surface area contributed by atoms with Gasteiger partial charge in [0, 0.05) is 6.07 Å². The van der Waals surface area contributed by atoms with Crippen LogP contribution in [-0.4, -0.2) is 27.7 Å². The van der Waals surface area contributed by atoms with Crippen molar-refractivity contribution in [3.05, 3.63) is 40.8 Å². The van der Waals surface area contributed by atoms with E-state index in [9.17, 15) is 10.1 Å². The average Bonchev–Trinajstić information content (AvgIpc) is 2.91. The van der Waals surface area contributed by atoms with E-state index >= 15 is 0 Å². The zero-order chi connectivity index (χ0) is 14.5. The Morgan fingerprint density at radius 3 is 2.55 bits per heavy atom. The van der Waals surface area contributed by atoms with Crippen molar-refractivity contribution in [2.75, 3.05) is 13.2 Å². The molecule has 0 saturated heterocycles. The van der Waals surface area contributed by atoms with E-state index in [0.717, 1.165) is 5.69 Å². The smallest absolute Gasteiger partial charge is 0.381 e. The van der Waals surface area contributed by atoms with Gasteiger partial charge in [-0.25, -0.2) is 0 Å². The molecule has 0 bridgehead atoms. The summed E-state index contributed by atoms with van der Waals surface area (Å²) in [5, 5.41) is 10.6. The van der Waals surface area contributed by atoms with Gasteiger partial charge < -0.3 is 19.6 Å². The Hall–Kier alpha value is -2.57. The maximum Gasteiger partial charge on any atom is 0.381 e. The number of nitro groups is 1. The van der Waals surface area contributed by atoms with Crippen molar-refractivity contribution in [1.82, 2.24) is 9.55 Å². The first-order valence-corrected chi connectivity index (χ1v) is 6.24. The minimum atomic E-state index is -0.533. The molecule has 1 aromatic heterocycles. The van der Waals surface area contributed by atoms with Gasteiger partial charge in [0.1, 0.15) is 6.20 Å². The highest BCUT2D eigenvalue weighted by Gasteiger charge is 2.13. The molecule has 20 heavy (non-hydrogen) atoms. The number of rotatable bonds is 6. The van der Waals surface area contributed by atoms with E-state index in [1.807, 2.05) is 13.8 Å². The zero-order valence-corrected chi connectivity index (χ0v) is 11.3. The van der Waals surface area contributed by atoms with Crippen LogP contribution in [0.2, 0.25) is 0 Å². The van der Waals surface area contributed by atoms with Crippen molar-refractivity contribution in [2.45, 2.75) is 13.8 Å². The van der Waals surface area contributed by atoms with Gasteiger partial charge in [-0.05, 0) is 35.9 Å². The number of aromatic nitrogens is 2. The largest absolute Gasteiger partial charge is 0.490 e. The highest BCUT2D eigenvalue weighted by atomic mass is 16.6. The summed E-state index contributed by atoms with van der Waals surface area (Å²) in [7, 11) is 0. The van der Waals surface area contributed by atoms with Crippen LogP contribution in [0, 0.1) is 10.1 Å². The minimum Gasteiger partial charge on any atom is -0.490 e. The molecule has 2 rings (SSSR count). The molecule has 2 aromatic rings. The lowest BCUT2D eigenvalue weighted by molar-refractivity contribution is -0.389. The van der Waals surface area contributed by atoms with E-state index in [4.69, 9.17) is 9.47 Å². The minimum absolute atomic E-state index is 0.197. The Kier molecular flexibility index (Phi) is 4.19. The molecule has 0 N–H and O–H groups in total. The van der Waals surface area contributed by atoms with Gasteiger partial charge in [0.2, 0.25) is 6.33 Å². The fourth-order valence-corrected chi connectivity index (χ4v) is 1.75. The third kappa shape index (κ3) is 2.87. The van der Waals surface area contributed by atoms with Crippen LogP contribution >= 0.6 is 0 Å². The highest BCUT2D eigenvalue weighted by Crippen LogP contribution is 2.30. The lowest BCUT2D eigenvalue weighted by Crippen LogP contribution is -2.00. The Balaban J connectivity index is 2.36. The maximum atomic E-state index is 10.6. The van der Waals surface area contributed by atoms with E-state index in [0.29, 0.717) is 24.7 Å². The topological polar surface area (TPSA) is 79.4 Å². The monoisotopic (exact) mass is 277 g/mol. The molecule has 1 heterocycles. The standard InChI is InChI=1S/C13H15N3O4/c1-3-19-11-6-5-10(7-12(11)20-4-2)15-8-13(14-9-15)16(17)18/h5-9H,3-4H2,1-2H3. The average molecular weight is 277 g/mol. The molecular weight excluding hydrogens is 262 g/mol. The van der Waals surface area contributed by atoms with Crippen molar-refractivity contribution < 1.29 is 14.4 Å². The molecule has 7 nitrogen and oxygen atoms in total. The van der Waals surface area contributed by atoms with Gasteiger partial charge in [-0.3, -0.25) is 4.57 Å². The van der Waals surface area contributed by atoms with Gasteiger partial charge in [-0.2, -0.15) is 0 Å². The molecule has 0 aliphatic carbocycles. The second kappa shape index (κ2) is 6.05. The van der Waals surface area contributed by atoms with Crippen LogP contribution in [0.4, 0.5) is 5.82 Å². The van der Waals surface area contributed by atoms with Crippen molar-refractivity contribution in [3.8, 4) is 17.2 Å². The van der Waals surface area contributed by atoms with Crippen molar-refractivity contribution in [2.24, 2.45) is 0 Å².